The minimum atomic E-state index is -1.12. The zero-order chi connectivity index (χ0) is 11.1. The summed E-state index contributed by atoms with van der Waals surface area (Å²) in [7, 11) is -2.07. The fourth-order valence-corrected chi connectivity index (χ4v) is 4.17. The third-order valence-corrected chi connectivity index (χ3v) is 5.42. The highest BCUT2D eigenvalue weighted by Gasteiger charge is 2.07. The Morgan fingerprint density at radius 2 is 1.80 bits per heavy atom. The topological polar surface area (TPSA) is 34.1 Å². The van der Waals surface area contributed by atoms with Crippen molar-refractivity contribution in [2.75, 3.05) is 10.8 Å². The fourth-order valence-electron chi connectivity index (χ4n) is 1.12. The summed E-state index contributed by atoms with van der Waals surface area (Å²) in [4.78, 5) is 0.766. The van der Waals surface area contributed by atoms with E-state index in [1.165, 1.54) is 0 Å². The van der Waals surface area contributed by atoms with Crippen molar-refractivity contribution in [2.45, 2.75) is 24.7 Å². The van der Waals surface area contributed by atoms with Gasteiger partial charge in [0.25, 0.3) is 0 Å². The molecule has 0 aliphatic heterocycles. The van der Waals surface area contributed by atoms with Gasteiger partial charge in [-0.1, -0.05) is 31.5 Å². The summed E-state index contributed by atoms with van der Waals surface area (Å²) in [6, 6.07) is 9.21. The van der Waals surface area contributed by atoms with Gasteiger partial charge in [0.1, 0.15) is 5.08 Å². The second-order valence-corrected chi connectivity index (χ2v) is 6.67. The van der Waals surface area contributed by atoms with Crippen molar-refractivity contribution in [3.05, 3.63) is 30.3 Å². The third kappa shape index (κ3) is 4.71. The van der Waals surface area contributed by atoms with Crippen LogP contribution in [0.15, 0.2) is 35.2 Å². The molecule has 1 aromatic carbocycles. The Morgan fingerprint density at radius 3 is 2.40 bits per heavy atom. The van der Waals surface area contributed by atoms with Crippen LogP contribution >= 0.6 is 0 Å². The molecule has 0 spiro atoms. The van der Waals surface area contributed by atoms with Gasteiger partial charge in [0.15, 0.2) is 0 Å². The van der Waals surface area contributed by atoms with Crippen LogP contribution in [0.25, 0.3) is 0 Å². The molecule has 0 amide bonds. The Labute approximate surface area is 96.0 Å². The molecule has 84 valence electrons. The Morgan fingerprint density at radius 1 is 1.13 bits per heavy atom. The Bertz CT molecular complexity index is 336. The van der Waals surface area contributed by atoms with Crippen LogP contribution in [-0.2, 0) is 21.6 Å². The monoisotopic (exact) mass is 244 g/mol. The van der Waals surface area contributed by atoms with Crippen LogP contribution in [-0.4, -0.2) is 19.3 Å². The van der Waals surface area contributed by atoms with E-state index in [0.717, 1.165) is 17.7 Å². The predicted octanol–water partition coefficient (Wildman–Crippen LogP) is 2.30. The van der Waals surface area contributed by atoms with Gasteiger partial charge < -0.3 is 0 Å². The fraction of sp³-hybridized carbons (Fsp3) is 0.455. The lowest BCUT2D eigenvalue weighted by Gasteiger charge is -2.01. The molecule has 0 aliphatic carbocycles. The number of hydrogen-bond donors (Lipinski definition) is 0. The first kappa shape index (κ1) is 12.6. The minimum absolute atomic E-state index is 0.268. The van der Waals surface area contributed by atoms with E-state index in [1.54, 1.807) is 0 Å². The maximum atomic E-state index is 11.7. The zero-order valence-corrected chi connectivity index (χ0v) is 10.5. The number of benzene rings is 1. The summed E-state index contributed by atoms with van der Waals surface area (Å²) in [5, 5.41) is 0.268. The van der Waals surface area contributed by atoms with Crippen molar-refractivity contribution < 1.29 is 8.42 Å². The van der Waals surface area contributed by atoms with Crippen molar-refractivity contribution in [3.8, 4) is 0 Å². The second kappa shape index (κ2) is 6.90. The van der Waals surface area contributed by atoms with Crippen LogP contribution in [0.4, 0.5) is 0 Å². The van der Waals surface area contributed by atoms with Gasteiger partial charge in [0.05, 0.1) is 10.8 Å². The Hall–Kier alpha value is -0.480. The molecule has 0 heterocycles. The highest BCUT2D eigenvalue weighted by molar-refractivity contribution is 8.01. The smallest absolute Gasteiger partial charge is 0.104 e. The summed E-state index contributed by atoms with van der Waals surface area (Å²) in [5.74, 6) is 0.662. The SMILES string of the molecule is CCCCS(=O)CS(=O)c1ccccc1. The van der Waals surface area contributed by atoms with Crippen molar-refractivity contribution in [2.24, 2.45) is 0 Å². The maximum Gasteiger partial charge on any atom is 0.104 e. The quantitative estimate of drug-likeness (QED) is 0.769. The summed E-state index contributed by atoms with van der Waals surface area (Å²) in [6.07, 6.45) is 1.97. The van der Waals surface area contributed by atoms with Gasteiger partial charge in [-0.25, -0.2) is 0 Å². The van der Waals surface area contributed by atoms with Crippen molar-refractivity contribution in [1.29, 1.82) is 0 Å². The van der Waals surface area contributed by atoms with E-state index in [1.807, 2.05) is 30.3 Å². The standard InChI is InChI=1S/C11H16O2S2/c1-2-3-9-14(12)10-15(13)11-7-5-4-6-8-11/h4-8H,2-3,9-10H2,1H3. The van der Waals surface area contributed by atoms with Crippen LogP contribution in [0.1, 0.15) is 19.8 Å². The average Bonchev–Trinajstić information content (AvgIpc) is 2.27. The molecule has 0 radical (unpaired) electrons. The largest absolute Gasteiger partial charge is 0.259 e. The van der Waals surface area contributed by atoms with Crippen LogP contribution in [0.3, 0.4) is 0 Å². The Balaban J connectivity index is 2.46. The van der Waals surface area contributed by atoms with Crippen molar-refractivity contribution >= 4 is 21.6 Å². The van der Waals surface area contributed by atoms with Crippen LogP contribution in [0.2, 0.25) is 0 Å². The van der Waals surface area contributed by atoms with E-state index in [4.69, 9.17) is 0 Å². The Kier molecular flexibility index (Phi) is 5.79. The van der Waals surface area contributed by atoms with E-state index in [0.29, 0.717) is 5.75 Å². The van der Waals surface area contributed by atoms with E-state index in [2.05, 4.69) is 6.92 Å². The predicted molar refractivity (Wildman–Crippen MR) is 65.6 cm³/mol. The molecule has 2 atom stereocenters. The third-order valence-electron chi connectivity index (χ3n) is 1.97. The lowest BCUT2D eigenvalue weighted by atomic mass is 10.4. The molecule has 1 aromatic rings. The first-order chi connectivity index (χ1) is 7.24. The summed E-state index contributed by atoms with van der Waals surface area (Å²) in [6.45, 7) is 2.06. The summed E-state index contributed by atoms with van der Waals surface area (Å²) < 4.78 is 23.2. The van der Waals surface area contributed by atoms with Crippen molar-refractivity contribution in [1.82, 2.24) is 0 Å². The molecule has 0 N–H and O–H groups in total. The summed E-state index contributed by atoms with van der Waals surface area (Å²) >= 11 is 0. The normalized spacial score (nSPS) is 14.7. The second-order valence-electron chi connectivity index (χ2n) is 3.27. The lowest BCUT2D eigenvalue weighted by molar-refractivity contribution is 0.677. The minimum Gasteiger partial charge on any atom is -0.259 e. The number of unbranched alkanes of at least 4 members (excludes halogenated alkanes) is 1. The van der Waals surface area contributed by atoms with Gasteiger partial charge in [-0.3, -0.25) is 8.42 Å². The molecule has 0 aromatic heterocycles. The molecule has 0 fully saturated rings. The molecule has 0 aliphatic rings. The van der Waals surface area contributed by atoms with Crippen molar-refractivity contribution in [3.63, 3.8) is 0 Å². The molecular formula is C11H16O2S2. The molecule has 1 rings (SSSR count). The average molecular weight is 244 g/mol. The molecule has 0 saturated carbocycles. The lowest BCUT2D eigenvalue weighted by Crippen LogP contribution is -2.08. The van der Waals surface area contributed by atoms with Gasteiger partial charge in [-0.05, 0) is 18.6 Å². The van der Waals surface area contributed by atoms with Gasteiger partial charge in [0.2, 0.25) is 0 Å². The first-order valence-corrected chi connectivity index (χ1v) is 7.83. The van der Waals surface area contributed by atoms with E-state index in [-0.39, 0.29) is 5.08 Å². The van der Waals surface area contributed by atoms with E-state index < -0.39 is 21.6 Å². The zero-order valence-electron chi connectivity index (χ0n) is 8.85. The molecular weight excluding hydrogens is 228 g/mol. The highest BCUT2D eigenvalue weighted by atomic mass is 32.2. The molecule has 4 heteroatoms. The van der Waals surface area contributed by atoms with E-state index in [9.17, 15) is 8.42 Å². The number of rotatable bonds is 6. The van der Waals surface area contributed by atoms with Crippen LogP contribution < -0.4 is 0 Å². The number of hydrogen-bond acceptors (Lipinski definition) is 2. The van der Waals surface area contributed by atoms with Gasteiger partial charge in [-0.2, -0.15) is 0 Å². The molecule has 2 unspecified atom stereocenters. The summed E-state index contributed by atoms with van der Waals surface area (Å²) in [5.41, 5.74) is 0. The van der Waals surface area contributed by atoms with E-state index >= 15 is 0 Å². The van der Waals surface area contributed by atoms with Gasteiger partial charge in [-0.15, -0.1) is 0 Å². The molecule has 0 bridgehead atoms. The van der Waals surface area contributed by atoms with Crippen LogP contribution in [0, 0.1) is 0 Å². The van der Waals surface area contributed by atoms with Gasteiger partial charge in [0, 0.05) is 21.4 Å². The van der Waals surface area contributed by atoms with Crippen LogP contribution in [0.5, 0.6) is 0 Å². The van der Waals surface area contributed by atoms with Gasteiger partial charge >= 0.3 is 0 Å². The molecule has 0 saturated heterocycles. The first-order valence-electron chi connectivity index (χ1n) is 5.02. The maximum absolute atomic E-state index is 11.7. The molecule has 15 heavy (non-hydrogen) atoms. The molecule has 2 nitrogen and oxygen atoms in total. The highest BCUT2D eigenvalue weighted by Crippen LogP contribution is 2.07.